The zero-order valence-corrected chi connectivity index (χ0v) is 8.48. The fraction of sp³-hybridized carbons (Fsp3) is 0.889. The Bertz CT molecular complexity index is 196. The molecule has 3 N–H and O–H groups in total. The number of aliphatic hydroxyl groups is 1. The number of aliphatic hydroxyl groups excluding tert-OH is 1. The summed E-state index contributed by atoms with van der Waals surface area (Å²) in [6, 6.07) is -0.334. The Morgan fingerprint density at radius 3 is 3.07 bits per heavy atom. The minimum atomic E-state index is -0.199. The molecule has 0 spiro atoms. The molecule has 0 aromatic heterocycles. The second-order valence-corrected chi connectivity index (χ2v) is 3.68. The number of carbonyl (C=O) groups is 1. The van der Waals surface area contributed by atoms with Crippen molar-refractivity contribution in [1.29, 1.82) is 0 Å². The predicted molar refractivity (Wildman–Crippen MR) is 51.7 cm³/mol. The van der Waals surface area contributed by atoms with Crippen LogP contribution >= 0.6 is 0 Å². The van der Waals surface area contributed by atoms with Crippen LogP contribution in [0.2, 0.25) is 0 Å². The molecule has 0 saturated carbocycles. The van der Waals surface area contributed by atoms with Crippen molar-refractivity contribution in [3.05, 3.63) is 0 Å². The first kappa shape index (κ1) is 11.4. The molecule has 1 heterocycles. The second kappa shape index (κ2) is 5.29. The molecule has 2 unspecified atom stereocenters. The molecule has 0 aromatic rings. The van der Waals surface area contributed by atoms with Crippen LogP contribution in [-0.4, -0.2) is 54.4 Å². The third-order valence-electron chi connectivity index (χ3n) is 2.26. The van der Waals surface area contributed by atoms with E-state index >= 15 is 0 Å². The molecule has 14 heavy (non-hydrogen) atoms. The van der Waals surface area contributed by atoms with Crippen LogP contribution in [0.3, 0.4) is 0 Å². The van der Waals surface area contributed by atoms with Gasteiger partial charge in [-0.3, -0.25) is 4.79 Å². The van der Waals surface area contributed by atoms with E-state index in [2.05, 4.69) is 0 Å². The molecule has 1 saturated heterocycles. The molecule has 1 fully saturated rings. The molecular formula is C9H18N2O3. The summed E-state index contributed by atoms with van der Waals surface area (Å²) in [6.07, 6.45) is 0.330. The van der Waals surface area contributed by atoms with E-state index < -0.39 is 0 Å². The molecule has 0 bridgehead atoms. The quantitative estimate of drug-likeness (QED) is 0.612. The number of hydrogen-bond donors (Lipinski definition) is 2. The fourth-order valence-electron chi connectivity index (χ4n) is 1.53. The lowest BCUT2D eigenvalue weighted by Crippen LogP contribution is -2.51. The highest BCUT2D eigenvalue weighted by Crippen LogP contribution is 2.08. The molecule has 1 aliphatic heterocycles. The third-order valence-corrected chi connectivity index (χ3v) is 2.26. The first-order chi connectivity index (χ1) is 6.65. The summed E-state index contributed by atoms with van der Waals surface area (Å²) in [6.45, 7) is 3.26. The summed E-state index contributed by atoms with van der Waals surface area (Å²) >= 11 is 0. The van der Waals surface area contributed by atoms with Gasteiger partial charge < -0.3 is 20.5 Å². The zero-order valence-electron chi connectivity index (χ0n) is 8.48. The maximum Gasteiger partial charge on any atom is 0.224 e. The summed E-state index contributed by atoms with van der Waals surface area (Å²) < 4.78 is 5.17. The topological polar surface area (TPSA) is 75.8 Å². The number of nitrogens with two attached hydrogens (primary N) is 1. The van der Waals surface area contributed by atoms with Crippen LogP contribution in [0, 0.1) is 0 Å². The first-order valence-corrected chi connectivity index (χ1v) is 4.88. The van der Waals surface area contributed by atoms with Crippen molar-refractivity contribution in [3.63, 3.8) is 0 Å². The van der Waals surface area contributed by atoms with E-state index in [1.165, 1.54) is 0 Å². The standard InChI is InChI=1S/C9H18N2O3/c1-7(10)4-9(13)11-2-3-14-6-8(11)5-12/h7-8,12H,2-6,10H2,1H3. The number of rotatable bonds is 3. The van der Waals surface area contributed by atoms with Gasteiger partial charge in [0.25, 0.3) is 0 Å². The van der Waals surface area contributed by atoms with Gasteiger partial charge in [0.05, 0.1) is 25.9 Å². The van der Waals surface area contributed by atoms with E-state index in [1.807, 2.05) is 0 Å². The van der Waals surface area contributed by atoms with Gasteiger partial charge in [0.1, 0.15) is 0 Å². The molecule has 0 radical (unpaired) electrons. The molecule has 0 aromatic carbocycles. The van der Waals surface area contributed by atoms with Crippen LogP contribution in [0.1, 0.15) is 13.3 Å². The van der Waals surface area contributed by atoms with Crippen molar-refractivity contribution in [2.75, 3.05) is 26.4 Å². The van der Waals surface area contributed by atoms with Gasteiger partial charge in [-0.2, -0.15) is 0 Å². The Labute approximate surface area is 83.8 Å². The van der Waals surface area contributed by atoms with Gasteiger partial charge >= 0.3 is 0 Å². The smallest absolute Gasteiger partial charge is 0.224 e. The van der Waals surface area contributed by atoms with Crippen LogP contribution in [0.15, 0.2) is 0 Å². The van der Waals surface area contributed by atoms with Gasteiger partial charge in [-0.1, -0.05) is 0 Å². The molecule has 1 amide bonds. The molecular weight excluding hydrogens is 184 g/mol. The van der Waals surface area contributed by atoms with E-state index in [-0.39, 0.29) is 24.6 Å². The minimum absolute atomic E-state index is 0.00218. The van der Waals surface area contributed by atoms with E-state index in [4.69, 9.17) is 15.6 Å². The second-order valence-electron chi connectivity index (χ2n) is 3.68. The van der Waals surface area contributed by atoms with Crippen LogP contribution in [0.25, 0.3) is 0 Å². The average Bonchev–Trinajstić information content (AvgIpc) is 2.16. The average molecular weight is 202 g/mol. The lowest BCUT2D eigenvalue weighted by atomic mass is 10.1. The van der Waals surface area contributed by atoms with Crippen molar-refractivity contribution < 1.29 is 14.6 Å². The highest BCUT2D eigenvalue weighted by Gasteiger charge is 2.26. The molecule has 1 aliphatic rings. The van der Waals surface area contributed by atoms with Gasteiger partial charge in [-0.15, -0.1) is 0 Å². The molecule has 82 valence electrons. The maximum absolute atomic E-state index is 11.7. The van der Waals surface area contributed by atoms with E-state index in [0.717, 1.165) is 0 Å². The predicted octanol–water partition coefficient (Wildman–Crippen LogP) is -1.06. The van der Waals surface area contributed by atoms with E-state index in [1.54, 1.807) is 11.8 Å². The van der Waals surface area contributed by atoms with Gasteiger partial charge in [0, 0.05) is 19.0 Å². The molecule has 0 aliphatic carbocycles. The highest BCUT2D eigenvalue weighted by atomic mass is 16.5. The van der Waals surface area contributed by atoms with Crippen molar-refractivity contribution in [1.82, 2.24) is 4.90 Å². The molecule has 5 nitrogen and oxygen atoms in total. The lowest BCUT2D eigenvalue weighted by Gasteiger charge is -2.34. The number of nitrogens with zero attached hydrogens (tertiary/aromatic N) is 1. The van der Waals surface area contributed by atoms with Crippen LogP contribution in [0.4, 0.5) is 0 Å². The Morgan fingerprint density at radius 2 is 2.50 bits per heavy atom. The Balaban J connectivity index is 2.50. The van der Waals surface area contributed by atoms with Gasteiger partial charge in [0.2, 0.25) is 5.91 Å². The van der Waals surface area contributed by atoms with E-state index in [9.17, 15) is 4.79 Å². The lowest BCUT2D eigenvalue weighted by molar-refractivity contribution is -0.141. The van der Waals surface area contributed by atoms with Crippen LogP contribution < -0.4 is 5.73 Å². The van der Waals surface area contributed by atoms with Gasteiger partial charge in [0.15, 0.2) is 0 Å². The SMILES string of the molecule is CC(N)CC(=O)N1CCOCC1CO. The van der Waals surface area contributed by atoms with Crippen molar-refractivity contribution in [2.24, 2.45) is 5.73 Å². The largest absolute Gasteiger partial charge is 0.394 e. The molecule has 1 rings (SSSR count). The monoisotopic (exact) mass is 202 g/mol. The Hall–Kier alpha value is -0.650. The number of amides is 1. The normalized spacial score (nSPS) is 24.8. The maximum atomic E-state index is 11.7. The number of hydrogen-bond acceptors (Lipinski definition) is 4. The highest BCUT2D eigenvalue weighted by molar-refractivity contribution is 5.77. The number of morpholine rings is 1. The van der Waals surface area contributed by atoms with Crippen molar-refractivity contribution in [3.8, 4) is 0 Å². The number of carbonyl (C=O) groups excluding carboxylic acids is 1. The summed E-state index contributed by atoms with van der Waals surface area (Å²) in [4.78, 5) is 13.3. The summed E-state index contributed by atoms with van der Waals surface area (Å²) in [5.74, 6) is 0.00218. The molecule has 2 atom stereocenters. The van der Waals surface area contributed by atoms with Gasteiger partial charge in [-0.05, 0) is 6.92 Å². The summed E-state index contributed by atoms with van der Waals surface area (Å²) in [5.41, 5.74) is 5.55. The Morgan fingerprint density at radius 1 is 1.79 bits per heavy atom. The minimum Gasteiger partial charge on any atom is -0.394 e. The Kier molecular flexibility index (Phi) is 4.31. The third kappa shape index (κ3) is 2.94. The zero-order chi connectivity index (χ0) is 10.6. The van der Waals surface area contributed by atoms with Gasteiger partial charge in [-0.25, -0.2) is 0 Å². The van der Waals surface area contributed by atoms with Crippen molar-refractivity contribution in [2.45, 2.75) is 25.4 Å². The molecule has 5 heteroatoms. The number of ether oxygens (including phenoxy) is 1. The summed E-state index contributed by atoms with van der Waals surface area (Å²) in [5, 5.41) is 9.04. The fourth-order valence-corrected chi connectivity index (χ4v) is 1.53. The van der Waals surface area contributed by atoms with Crippen molar-refractivity contribution >= 4 is 5.91 Å². The summed E-state index contributed by atoms with van der Waals surface area (Å²) in [7, 11) is 0. The first-order valence-electron chi connectivity index (χ1n) is 4.88. The van der Waals surface area contributed by atoms with Crippen LogP contribution in [-0.2, 0) is 9.53 Å². The van der Waals surface area contributed by atoms with E-state index in [0.29, 0.717) is 26.2 Å². The van der Waals surface area contributed by atoms with Crippen LogP contribution in [0.5, 0.6) is 0 Å².